The van der Waals surface area contributed by atoms with Gasteiger partial charge in [-0.1, -0.05) is 36.4 Å². The second-order valence-electron chi connectivity index (χ2n) is 10.8. The molecule has 0 aliphatic heterocycles. The number of ether oxygens (including phenoxy) is 1. The van der Waals surface area contributed by atoms with Crippen molar-refractivity contribution >= 4 is 33.6 Å². The number of fused-ring (bicyclic) bond motifs is 2. The van der Waals surface area contributed by atoms with Crippen molar-refractivity contribution in [2.75, 3.05) is 20.3 Å². The quantitative estimate of drug-likeness (QED) is 0.189. The summed E-state index contributed by atoms with van der Waals surface area (Å²) in [6.07, 6.45) is 13.9. The molecule has 0 radical (unpaired) electrons. The molecule has 0 aliphatic rings. The number of rotatable bonds is 9. The van der Waals surface area contributed by atoms with Crippen molar-refractivity contribution in [2.24, 2.45) is 0 Å². The van der Waals surface area contributed by atoms with Gasteiger partial charge in [-0.2, -0.15) is 0 Å². The molecule has 1 aromatic carbocycles. The largest absolute Gasteiger partial charge is 0.383 e. The molecule has 0 saturated carbocycles. The molecule has 2 N–H and O–H groups in total. The zero-order valence-corrected chi connectivity index (χ0v) is 26.7. The Morgan fingerprint density at radius 3 is 1.84 bits per heavy atom. The van der Waals surface area contributed by atoms with Crippen LogP contribution in [0.4, 0.5) is 0 Å². The van der Waals surface area contributed by atoms with Gasteiger partial charge in [-0.05, 0) is 53.6 Å². The predicted octanol–water partition coefficient (Wildman–Crippen LogP) is 5.69. The summed E-state index contributed by atoms with van der Waals surface area (Å²) in [5, 5.41) is 7.44. The third-order valence-corrected chi connectivity index (χ3v) is 7.51. The van der Waals surface area contributed by atoms with Crippen LogP contribution in [-0.4, -0.2) is 62.0 Å². The fourth-order valence-corrected chi connectivity index (χ4v) is 5.04. The van der Waals surface area contributed by atoms with E-state index in [1.807, 2.05) is 66.7 Å². The van der Waals surface area contributed by atoms with Crippen LogP contribution in [0.15, 0.2) is 128 Å². The molecule has 6 heterocycles. The lowest BCUT2D eigenvalue weighted by atomic mass is 10.1. The molecule has 6 aromatic heterocycles. The molecule has 242 valence electrons. The highest BCUT2D eigenvalue weighted by atomic mass is 16.5. The molecule has 11 nitrogen and oxygen atoms in total. The van der Waals surface area contributed by atoms with E-state index < -0.39 is 0 Å². The van der Waals surface area contributed by atoms with Crippen molar-refractivity contribution in [3.05, 3.63) is 145 Å². The lowest BCUT2D eigenvalue weighted by Crippen LogP contribution is -2.27. The summed E-state index contributed by atoms with van der Waals surface area (Å²) in [6.45, 7) is 1.37. The maximum absolute atomic E-state index is 12.5. The molecule has 49 heavy (non-hydrogen) atoms. The number of nitrogens with zero attached hydrogens (tertiary/aromatic N) is 6. The van der Waals surface area contributed by atoms with Gasteiger partial charge in [-0.3, -0.25) is 29.5 Å². The van der Waals surface area contributed by atoms with E-state index in [4.69, 9.17) is 4.74 Å². The van der Waals surface area contributed by atoms with E-state index in [2.05, 4.69) is 40.5 Å². The Morgan fingerprint density at radius 1 is 0.592 bits per heavy atom. The van der Waals surface area contributed by atoms with Crippen LogP contribution in [0.5, 0.6) is 0 Å². The number of hydrogen-bond donors (Lipinski definition) is 2. The maximum atomic E-state index is 12.5. The van der Waals surface area contributed by atoms with Crippen molar-refractivity contribution in [3.63, 3.8) is 0 Å². The summed E-state index contributed by atoms with van der Waals surface area (Å²) in [5.41, 5.74) is 6.87. The second-order valence-corrected chi connectivity index (χ2v) is 10.8. The van der Waals surface area contributed by atoms with E-state index >= 15 is 0 Å². The first-order chi connectivity index (χ1) is 24.1. The zero-order valence-electron chi connectivity index (χ0n) is 26.7. The van der Waals surface area contributed by atoms with Crippen LogP contribution in [0.3, 0.4) is 0 Å². The molecule has 11 heteroatoms. The number of aromatic nitrogens is 6. The molecule has 0 saturated heterocycles. The molecule has 0 fully saturated rings. The molecule has 0 atom stereocenters. The van der Waals surface area contributed by atoms with Gasteiger partial charge in [0.05, 0.1) is 17.6 Å². The monoisotopic (exact) mass is 648 g/mol. The summed E-state index contributed by atoms with van der Waals surface area (Å²) >= 11 is 0. The fraction of sp³-hybridized carbons (Fsp3) is 0.105. The maximum Gasteiger partial charge on any atom is 0.270 e. The van der Waals surface area contributed by atoms with Gasteiger partial charge in [0.1, 0.15) is 11.4 Å². The van der Waals surface area contributed by atoms with Crippen LogP contribution < -0.4 is 10.6 Å². The van der Waals surface area contributed by atoms with Gasteiger partial charge < -0.3 is 15.4 Å². The van der Waals surface area contributed by atoms with E-state index in [1.54, 1.807) is 68.8 Å². The SMILES string of the molecule is COCCNC(=O)c1ccc2cncc(-c3ccncc3)c2n1.O=C(NCc1ccccc1)c1ccc2cncc(-c3cccnc3)c2n1. The Labute approximate surface area is 282 Å². The molecule has 0 spiro atoms. The van der Waals surface area contributed by atoms with E-state index in [1.165, 1.54) is 0 Å². The molecule has 7 aromatic rings. The fourth-order valence-electron chi connectivity index (χ4n) is 5.04. The highest BCUT2D eigenvalue weighted by Gasteiger charge is 2.13. The molecule has 7 rings (SSSR count). The molecule has 0 bridgehead atoms. The van der Waals surface area contributed by atoms with Crippen LogP contribution in [0, 0.1) is 0 Å². The van der Waals surface area contributed by atoms with Gasteiger partial charge in [-0.25, -0.2) is 9.97 Å². The number of pyridine rings is 6. The van der Waals surface area contributed by atoms with Crippen molar-refractivity contribution in [1.82, 2.24) is 40.5 Å². The van der Waals surface area contributed by atoms with E-state index in [0.717, 1.165) is 49.6 Å². The van der Waals surface area contributed by atoms with Crippen molar-refractivity contribution < 1.29 is 14.3 Å². The van der Waals surface area contributed by atoms with Gasteiger partial charge in [0.15, 0.2) is 0 Å². The summed E-state index contributed by atoms with van der Waals surface area (Å²) < 4.78 is 4.93. The Kier molecular flexibility index (Phi) is 10.5. The third kappa shape index (κ3) is 8.10. The highest BCUT2D eigenvalue weighted by molar-refractivity contribution is 5.99. The van der Waals surface area contributed by atoms with Crippen LogP contribution in [0.1, 0.15) is 26.5 Å². The van der Waals surface area contributed by atoms with Gasteiger partial charge in [-0.15, -0.1) is 0 Å². The smallest absolute Gasteiger partial charge is 0.270 e. The Balaban J connectivity index is 0.000000171. The topological polar surface area (TPSA) is 145 Å². The minimum Gasteiger partial charge on any atom is -0.383 e. The number of carbonyl (C=O) groups excluding carboxylic acids is 2. The Bertz CT molecular complexity index is 2180. The lowest BCUT2D eigenvalue weighted by Gasteiger charge is -2.08. The molecule has 2 amide bonds. The van der Waals surface area contributed by atoms with Crippen molar-refractivity contribution in [3.8, 4) is 22.3 Å². The van der Waals surface area contributed by atoms with E-state index in [-0.39, 0.29) is 11.8 Å². The Hall–Kier alpha value is -6.46. The number of methoxy groups -OCH3 is 1. The van der Waals surface area contributed by atoms with Gasteiger partial charge in [0.25, 0.3) is 11.8 Å². The van der Waals surface area contributed by atoms with E-state index in [9.17, 15) is 9.59 Å². The van der Waals surface area contributed by atoms with Crippen LogP contribution in [-0.2, 0) is 11.3 Å². The first kappa shape index (κ1) is 32.5. The number of benzene rings is 1. The van der Waals surface area contributed by atoms with Crippen molar-refractivity contribution in [2.45, 2.75) is 6.54 Å². The summed E-state index contributed by atoms with van der Waals surface area (Å²) in [6, 6.07) is 24.5. The lowest BCUT2D eigenvalue weighted by molar-refractivity contribution is 0.0929. The normalized spacial score (nSPS) is 10.6. The minimum absolute atomic E-state index is 0.204. The number of carbonyl (C=O) groups is 2. The minimum atomic E-state index is -0.221. The van der Waals surface area contributed by atoms with Crippen LogP contribution in [0.25, 0.3) is 44.1 Å². The molecule has 0 aliphatic carbocycles. The Morgan fingerprint density at radius 2 is 1.22 bits per heavy atom. The number of nitrogens with one attached hydrogen (secondary N) is 2. The molecular formula is C38H32N8O3. The highest BCUT2D eigenvalue weighted by Crippen LogP contribution is 2.27. The first-order valence-corrected chi connectivity index (χ1v) is 15.5. The number of hydrogen-bond acceptors (Lipinski definition) is 9. The van der Waals surface area contributed by atoms with Gasteiger partial charge >= 0.3 is 0 Å². The van der Waals surface area contributed by atoms with Gasteiger partial charge in [0, 0.05) is 97.2 Å². The van der Waals surface area contributed by atoms with Crippen LogP contribution >= 0.6 is 0 Å². The van der Waals surface area contributed by atoms with Crippen LogP contribution in [0.2, 0.25) is 0 Å². The average molecular weight is 649 g/mol. The zero-order chi connectivity index (χ0) is 33.8. The van der Waals surface area contributed by atoms with Gasteiger partial charge in [0.2, 0.25) is 0 Å². The molecule has 0 unspecified atom stereocenters. The van der Waals surface area contributed by atoms with E-state index in [0.29, 0.717) is 31.1 Å². The summed E-state index contributed by atoms with van der Waals surface area (Å²) in [7, 11) is 1.59. The predicted molar refractivity (Wildman–Crippen MR) is 187 cm³/mol. The summed E-state index contributed by atoms with van der Waals surface area (Å²) in [5.74, 6) is -0.425. The summed E-state index contributed by atoms with van der Waals surface area (Å²) in [4.78, 5) is 50.5. The average Bonchev–Trinajstić information content (AvgIpc) is 3.17. The molecular weight excluding hydrogens is 616 g/mol. The standard InChI is InChI=1S/C21H16N4O.C17H16N4O2/c26-21(24-11-15-5-2-1-3-6-15)19-9-8-17-13-23-14-18(20(17)25-19)16-7-4-10-22-12-16;1-23-9-8-20-17(22)15-3-2-13-10-19-11-14(16(13)21-15)12-4-6-18-7-5-12/h1-10,12-14H,11H2,(H,24,26);2-7,10-11H,8-9H2,1H3,(H,20,22). The second kappa shape index (κ2) is 15.9. The number of amides is 2. The van der Waals surface area contributed by atoms with Crippen molar-refractivity contribution in [1.29, 1.82) is 0 Å². The first-order valence-electron chi connectivity index (χ1n) is 15.5. The third-order valence-electron chi connectivity index (χ3n) is 7.51.